The molecule has 1 aromatic rings. The van der Waals surface area contributed by atoms with Crippen LogP contribution in [0.3, 0.4) is 0 Å². The average Bonchev–Trinajstić information content (AvgIpc) is 2.48. The van der Waals surface area contributed by atoms with E-state index in [0.717, 1.165) is 43.9 Å². The second-order valence-electron chi connectivity index (χ2n) is 4.85. The van der Waals surface area contributed by atoms with Crippen molar-refractivity contribution in [3.8, 4) is 11.8 Å². The van der Waals surface area contributed by atoms with E-state index in [4.69, 9.17) is 0 Å². The molecule has 1 atom stereocenters. The van der Waals surface area contributed by atoms with Crippen LogP contribution in [0.5, 0.6) is 0 Å². The van der Waals surface area contributed by atoms with Gasteiger partial charge in [0.2, 0.25) is 0 Å². The fourth-order valence-electron chi connectivity index (χ4n) is 2.39. The number of nitrogens with zero attached hydrogens (tertiary/aromatic N) is 3. The Morgan fingerprint density at radius 1 is 1.55 bits per heavy atom. The van der Waals surface area contributed by atoms with Crippen molar-refractivity contribution in [2.24, 2.45) is 0 Å². The summed E-state index contributed by atoms with van der Waals surface area (Å²) in [7, 11) is 0. The van der Waals surface area contributed by atoms with Crippen molar-refractivity contribution >= 4 is 11.7 Å². The van der Waals surface area contributed by atoms with Crippen molar-refractivity contribution in [1.82, 2.24) is 15.3 Å². The molecule has 1 aromatic heterocycles. The van der Waals surface area contributed by atoms with Crippen LogP contribution in [0.2, 0.25) is 0 Å². The summed E-state index contributed by atoms with van der Waals surface area (Å²) >= 11 is 0. The van der Waals surface area contributed by atoms with Gasteiger partial charge in [-0.05, 0) is 32.1 Å². The monoisotopic (exact) mass is 272 g/mol. The van der Waals surface area contributed by atoms with E-state index in [1.807, 2.05) is 6.07 Å². The third-order valence-corrected chi connectivity index (χ3v) is 3.39. The van der Waals surface area contributed by atoms with E-state index in [-0.39, 0.29) is 11.9 Å². The minimum atomic E-state index is -0.198. The highest BCUT2D eigenvalue weighted by Crippen LogP contribution is 2.18. The number of piperidine rings is 1. The Kier molecular flexibility index (Phi) is 4.94. The summed E-state index contributed by atoms with van der Waals surface area (Å²) < 4.78 is 0. The number of amides is 1. The van der Waals surface area contributed by atoms with E-state index in [2.05, 4.69) is 38.9 Å². The van der Waals surface area contributed by atoms with E-state index in [9.17, 15) is 4.79 Å². The van der Waals surface area contributed by atoms with E-state index in [0.29, 0.717) is 0 Å². The number of aromatic nitrogens is 2. The number of nitrogens with one attached hydrogen (secondary N) is 1. The van der Waals surface area contributed by atoms with Gasteiger partial charge in [0.05, 0.1) is 0 Å². The molecule has 0 aromatic carbocycles. The molecule has 1 aliphatic rings. The van der Waals surface area contributed by atoms with E-state index in [1.165, 1.54) is 0 Å². The minimum absolute atomic E-state index is 0.136. The average molecular weight is 272 g/mol. The maximum absolute atomic E-state index is 11.5. The third kappa shape index (κ3) is 3.70. The van der Waals surface area contributed by atoms with Gasteiger partial charge in [0.1, 0.15) is 12.1 Å². The molecule has 5 nitrogen and oxygen atoms in total. The summed E-state index contributed by atoms with van der Waals surface area (Å²) in [5, 5.41) is 2.95. The predicted molar refractivity (Wildman–Crippen MR) is 78.2 cm³/mol. The normalized spacial score (nSPS) is 18.1. The molecule has 0 saturated carbocycles. The Hall–Kier alpha value is -2.09. The second-order valence-corrected chi connectivity index (χ2v) is 4.85. The maximum Gasteiger partial charge on any atom is 0.296 e. The number of hydrogen-bond donors (Lipinski definition) is 1. The summed E-state index contributed by atoms with van der Waals surface area (Å²) in [6.45, 7) is 5.48. The number of carbonyl (C=O) groups excluding carboxylic acids is 1. The van der Waals surface area contributed by atoms with Gasteiger partial charge in [-0.1, -0.05) is 12.8 Å². The largest absolute Gasteiger partial charge is 0.354 e. The predicted octanol–water partition coefficient (Wildman–Crippen LogP) is 1.15. The highest BCUT2D eigenvalue weighted by Gasteiger charge is 2.22. The first-order valence-electron chi connectivity index (χ1n) is 7.02. The van der Waals surface area contributed by atoms with Crippen molar-refractivity contribution in [3.05, 3.63) is 18.1 Å². The van der Waals surface area contributed by atoms with Crippen LogP contribution in [-0.4, -0.2) is 35.0 Å². The number of aryl methyl sites for hydroxylation is 1. The van der Waals surface area contributed by atoms with Crippen molar-refractivity contribution in [1.29, 1.82) is 0 Å². The molecule has 0 bridgehead atoms. The van der Waals surface area contributed by atoms with Crippen LogP contribution in [-0.2, 0) is 11.2 Å². The van der Waals surface area contributed by atoms with Crippen LogP contribution in [0, 0.1) is 11.8 Å². The molecular formula is C15H20N4O. The molecule has 1 fully saturated rings. The minimum Gasteiger partial charge on any atom is -0.354 e. The molecular weight excluding hydrogens is 252 g/mol. The van der Waals surface area contributed by atoms with E-state index < -0.39 is 0 Å². The quantitative estimate of drug-likeness (QED) is 0.839. The van der Waals surface area contributed by atoms with Gasteiger partial charge in [0.15, 0.2) is 0 Å². The molecule has 0 aliphatic carbocycles. The van der Waals surface area contributed by atoms with Crippen LogP contribution in [0.15, 0.2) is 12.4 Å². The smallest absolute Gasteiger partial charge is 0.296 e. The van der Waals surface area contributed by atoms with Gasteiger partial charge in [-0.25, -0.2) is 9.97 Å². The van der Waals surface area contributed by atoms with Crippen molar-refractivity contribution in [2.45, 2.75) is 39.2 Å². The molecule has 1 unspecified atom stereocenters. The van der Waals surface area contributed by atoms with Crippen molar-refractivity contribution < 1.29 is 4.79 Å². The van der Waals surface area contributed by atoms with E-state index >= 15 is 0 Å². The maximum atomic E-state index is 11.5. The van der Waals surface area contributed by atoms with Gasteiger partial charge in [-0.3, -0.25) is 4.79 Å². The Balaban J connectivity index is 2.01. The molecule has 106 valence electrons. The standard InChI is InChI=1S/C15H20N4O/c1-3-6-15(20)18-13-7-5-8-19(10-13)14-9-12(4-2)16-11-17-14/h9,11,13H,4-5,7-8,10H2,1-2H3,(H,18,20). The highest BCUT2D eigenvalue weighted by molar-refractivity contribution is 5.93. The van der Waals surface area contributed by atoms with Crippen molar-refractivity contribution in [3.63, 3.8) is 0 Å². The summed E-state index contributed by atoms with van der Waals surface area (Å²) in [6.07, 6.45) is 4.53. The zero-order chi connectivity index (χ0) is 14.4. The zero-order valence-electron chi connectivity index (χ0n) is 12.0. The van der Waals surface area contributed by atoms with Gasteiger partial charge in [-0.2, -0.15) is 0 Å². The number of rotatable bonds is 3. The van der Waals surface area contributed by atoms with Crippen LogP contribution < -0.4 is 10.2 Å². The summed E-state index contributed by atoms with van der Waals surface area (Å²) in [4.78, 5) is 22.3. The lowest BCUT2D eigenvalue weighted by atomic mass is 10.1. The molecule has 1 aliphatic heterocycles. The molecule has 5 heteroatoms. The lowest BCUT2D eigenvalue weighted by Gasteiger charge is -2.33. The van der Waals surface area contributed by atoms with Gasteiger partial charge in [0, 0.05) is 30.9 Å². The Labute approximate surface area is 119 Å². The van der Waals surface area contributed by atoms with Gasteiger partial charge in [-0.15, -0.1) is 0 Å². The zero-order valence-corrected chi connectivity index (χ0v) is 12.0. The summed E-state index contributed by atoms with van der Waals surface area (Å²) in [5.41, 5.74) is 1.04. The molecule has 20 heavy (non-hydrogen) atoms. The van der Waals surface area contributed by atoms with Crippen LogP contribution >= 0.6 is 0 Å². The molecule has 2 rings (SSSR count). The first-order chi connectivity index (χ1) is 9.72. The van der Waals surface area contributed by atoms with Gasteiger partial charge in [0.25, 0.3) is 5.91 Å². The van der Waals surface area contributed by atoms with E-state index in [1.54, 1.807) is 13.3 Å². The molecule has 0 radical (unpaired) electrons. The molecule has 0 spiro atoms. The van der Waals surface area contributed by atoms with Gasteiger partial charge >= 0.3 is 0 Å². The lowest BCUT2D eigenvalue weighted by Crippen LogP contribution is -2.47. The summed E-state index contributed by atoms with van der Waals surface area (Å²) in [6, 6.07) is 2.16. The number of anilines is 1. The SMILES string of the molecule is CC#CC(=O)NC1CCCN(c2cc(CC)ncn2)C1. The van der Waals surface area contributed by atoms with Gasteiger partial charge < -0.3 is 10.2 Å². The van der Waals surface area contributed by atoms with Crippen molar-refractivity contribution in [2.75, 3.05) is 18.0 Å². The fraction of sp³-hybridized carbons (Fsp3) is 0.533. The van der Waals surface area contributed by atoms with Crippen LogP contribution in [0.1, 0.15) is 32.4 Å². The topological polar surface area (TPSA) is 58.1 Å². The lowest BCUT2D eigenvalue weighted by molar-refractivity contribution is -0.116. The molecule has 1 N–H and O–H groups in total. The van der Waals surface area contributed by atoms with Crippen LogP contribution in [0.25, 0.3) is 0 Å². The fourth-order valence-corrected chi connectivity index (χ4v) is 2.39. The second kappa shape index (κ2) is 6.90. The highest BCUT2D eigenvalue weighted by atomic mass is 16.1. The first-order valence-corrected chi connectivity index (χ1v) is 7.02. The Morgan fingerprint density at radius 2 is 2.40 bits per heavy atom. The van der Waals surface area contributed by atoms with Crippen LogP contribution in [0.4, 0.5) is 5.82 Å². The third-order valence-electron chi connectivity index (χ3n) is 3.39. The Bertz CT molecular complexity index is 532. The molecule has 1 amide bonds. The summed E-state index contributed by atoms with van der Waals surface area (Å²) in [5.74, 6) is 5.88. The number of hydrogen-bond acceptors (Lipinski definition) is 4. The first kappa shape index (κ1) is 14.3. The molecule has 1 saturated heterocycles. The molecule has 2 heterocycles. The Morgan fingerprint density at radius 3 is 3.15 bits per heavy atom. The number of carbonyl (C=O) groups is 1.